The number of halogens is 4. The summed E-state index contributed by atoms with van der Waals surface area (Å²) >= 11 is 2.90. The number of hydrogen-bond acceptors (Lipinski definition) is 2. The minimum absolute atomic E-state index is 0.0873. The Morgan fingerprint density at radius 2 is 2.00 bits per heavy atom. The van der Waals surface area contributed by atoms with Crippen LogP contribution in [0.3, 0.4) is 0 Å². The Hall–Kier alpha value is -0.390. The maximum absolute atomic E-state index is 11.8. The predicted molar refractivity (Wildman–Crippen MR) is 43.3 cm³/mol. The summed E-state index contributed by atoms with van der Waals surface area (Å²) in [4.78, 5) is 20.9. The first-order valence-electron chi connectivity index (χ1n) is 3.44. The van der Waals surface area contributed by atoms with Gasteiger partial charge < -0.3 is 0 Å². The number of Topliss-reactive ketones (excluding diaryl/α,β-unsaturated/α-hetero) is 1. The van der Waals surface area contributed by atoms with Crippen LogP contribution in [-0.2, 0) is 9.59 Å². The largest absolute Gasteiger partial charge is 0.390 e. The van der Waals surface area contributed by atoms with Crippen molar-refractivity contribution in [1.82, 2.24) is 0 Å². The molecule has 0 saturated carbocycles. The van der Waals surface area contributed by atoms with Crippen LogP contribution in [0, 0.1) is 5.92 Å². The highest BCUT2D eigenvalue weighted by atomic mass is 79.9. The van der Waals surface area contributed by atoms with E-state index in [0.29, 0.717) is 0 Å². The standard InChI is InChI=1S/C7H7BrF3O2/c8-2-1-6(13)5(4-12)3-7(9,10)11/h5H,1-3H2. The first-order valence-corrected chi connectivity index (χ1v) is 4.56. The summed E-state index contributed by atoms with van der Waals surface area (Å²) in [5, 5.41) is 0.252. The van der Waals surface area contributed by atoms with Gasteiger partial charge >= 0.3 is 6.18 Å². The molecule has 0 N–H and O–H groups in total. The molecule has 0 rings (SSSR count). The monoisotopic (exact) mass is 259 g/mol. The fourth-order valence-electron chi connectivity index (χ4n) is 0.720. The molecule has 0 spiro atoms. The molecule has 0 aliphatic heterocycles. The van der Waals surface area contributed by atoms with Crippen molar-refractivity contribution < 1.29 is 22.8 Å². The van der Waals surface area contributed by atoms with Crippen molar-refractivity contribution in [3.63, 3.8) is 0 Å². The third-order valence-corrected chi connectivity index (χ3v) is 1.70. The first-order chi connectivity index (χ1) is 5.90. The van der Waals surface area contributed by atoms with Crippen LogP contribution in [0.5, 0.6) is 0 Å². The van der Waals surface area contributed by atoms with E-state index in [1.807, 2.05) is 0 Å². The van der Waals surface area contributed by atoms with E-state index < -0.39 is 24.3 Å². The lowest BCUT2D eigenvalue weighted by Crippen LogP contribution is -2.23. The molecule has 75 valence electrons. The molecule has 0 aromatic rings. The van der Waals surface area contributed by atoms with Crippen molar-refractivity contribution >= 4 is 28.0 Å². The molecular formula is C7H7BrF3O2. The lowest BCUT2D eigenvalue weighted by atomic mass is 10.00. The Morgan fingerprint density at radius 1 is 1.46 bits per heavy atom. The first kappa shape index (κ1) is 12.6. The summed E-state index contributed by atoms with van der Waals surface area (Å²) in [6, 6.07) is 0. The molecule has 0 aliphatic rings. The molecule has 1 atom stereocenters. The van der Waals surface area contributed by atoms with Crippen LogP contribution in [0.25, 0.3) is 0 Å². The van der Waals surface area contributed by atoms with E-state index in [9.17, 15) is 22.8 Å². The van der Waals surface area contributed by atoms with Crippen molar-refractivity contribution in [2.45, 2.75) is 19.0 Å². The van der Waals surface area contributed by atoms with E-state index >= 15 is 0 Å². The zero-order chi connectivity index (χ0) is 10.5. The van der Waals surface area contributed by atoms with Gasteiger partial charge in [0.25, 0.3) is 0 Å². The van der Waals surface area contributed by atoms with E-state index in [2.05, 4.69) is 15.9 Å². The molecule has 0 aromatic carbocycles. The Labute approximate surface area is 81.6 Å². The van der Waals surface area contributed by atoms with E-state index in [1.165, 1.54) is 0 Å². The molecule has 0 aromatic heterocycles. The molecule has 0 saturated heterocycles. The minimum atomic E-state index is -4.50. The molecule has 0 amide bonds. The average molecular weight is 260 g/mol. The van der Waals surface area contributed by atoms with Gasteiger partial charge in [-0.1, -0.05) is 15.9 Å². The topological polar surface area (TPSA) is 34.1 Å². The Kier molecular flexibility index (Phi) is 5.20. The minimum Gasteiger partial charge on any atom is -0.299 e. The quantitative estimate of drug-likeness (QED) is 0.559. The number of ketones is 1. The second-order valence-electron chi connectivity index (χ2n) is 2.40. The fourth-order valence-corrected chi connectivity index (χ4v) is 1.11. The maximum atomic E-state index is 11.8. The molecule has 13 heavy (non-hydrogen) atoms. The van der Waals surface area contributed by atoms with Crippen molar-refractivity contribution in [1.29, 1.82) is 0 Å². The fraction of sp³-hybridized carbons (Fsp3) is 0.714. The predicted octanol–water partition coefficient (Wildman–Crippen LogP) is 2.02. The van der Waals surface area contributed by atoms with Crippen molar-refractivity contribution in [2.24, 2.45) is 5.92 Å². The molecule has 0 fully saturated rings. The summed E-state index contributed by atoms with van der Waals surface area (Å²) in [5.74, 6) is -2.40. The van der Waals surface area contributed by atoms with Crippen LogP contribution >= 0.6 is 15.9 Å². The van der Waals surface area contributed by atoms with E-state index in [-0.39, 0.29) is 11.8 Å². The molecule has 6 heteroatoms. The van der Waals surface area contributed by atoms with Gasteiger partial charge in [-0.05, 0) is 0 Å². The van der Waals surface area contributed by atoms with E-state index in [0.717, 1.165) is 6.29 Å². The summed E-state index contributed by atoms with van der Waals surface area (Å²) in [6.07, 6.45) is -4.89. The molecular weight excluding hydrogens is 253 g/mol. The maximum Gasteiger partial charge on any atom is 0.390 e. The Balaban J connectivity index is 4.18. The molecule has 1 radical (unpaired) electrons. The third-order valence-electron chi connectivity index (χ3n) is 1.31. The number of alkyl halides is 4. The van der Waals surface area contributed by atoms with Gasteiger partial charge in [0, 0.05) is 11.8 Å². The lowest BCUT2D eigenvalue weighted by Gasteiger charge is -2.10. The summed E-state index contributed by atoms with van der Waals surface area (Å²) < 4.78 is 35.3. The zero-order valence-corrected chi connectivity index (χ0v) is 8.11. The molecule has 0 heterocycles. The Morgan fingerprint density at radius 3 is 2.31 bits per heavy atom. The van der Waals surface area contributed by atoms with Crippen LogP contribution in [0.15, 0.2) is 0 Å². The molecule has 1 unspecified atom stereocenters. The number of carbonyl (C=O) groups is 1. The summed E-state index contributed by atoms with van der Waals surface area (Å²) in [7, 11) is 0. The number of hydrogen-bond donors (Lipinski definition) is 0. The van der Waals surface area contributed by atoms with E-state index in [1.54, 1.807) is 0 Å². The second kappa shape index (κ2) is 5.36. The molecule has 0 aliphatic carbocycles. The number of rotatable bonds is 5. The van der Waals surface area contributed by atoms with E-state index in [4.69, 9.17) is 0 Å². The van der Waals surface area contributed by atoms with Crippen LogP contribution < -0.4 is 0 Å². The SMILES string of the molecule is O=[C]C(CC(F)(F)F)C(=O)CCBr. The van der Waals surface area contributed by atoms with Crippen LogP contribution in [0.4, 0.5) is 13.2 Å². The van der Waals surface area contributed by atoms with Gasteiger partial charge in [-0.15, -0.1) is 0 Å². The van der Waals surface area contributed by atoms with Gasteiger partial charge in [-0.3, -0.25) is 9.59 Å². The Bertz CT molecular complexity index is 191. The molecule has 0 bridgehead atoms. The van der Waals surface area contributed by atoms with Crippen LogP contribution in [0.2, 0.25) is 0 Å². The van der Waals surface area contributed by atoms with Crippen molar-refractivity contribution in [3.8, 4) is 0 Å². The smallest absolute Gasteiger partial charge is 0.299 e. The normalized spacial score (nSPS) is 13.8. The van der Waals surface area contributed by atoms with Gasteiger partial charge in [0.05, 0.1) is 12.3 Å². The van der Waals surface area contributed by atoms with Gasteiger partial charge in [0.1, 0.15) is 5.78 Å². The summed E-state index contributed by atoms with van der Waals surface area (Å²) in [5.41, 5.74) is 0. The second-order valence-corrected chi connectivity index (χ2v) is 3.19. The number of carbonyl (C=O) groups excluding carboxylic acids is 2. The zero-order valence-electron chi connectivity index (χ0n) is 6.53. The van der Waals surface area contributed by atoms with Gasteiger partial charge in [0.2, 0.25) is 6.29 Å². The van der Waals surface area contributed by atoms with Crippen LogP contribution in [0.1, 0.15) is 12.8 Å². The van der Waals surface area contributed by atoms with Gasteiger partial charge in [-0.2, -0.15) is 13.2 Å². The van der Waals surface area contributed by atoms with Crippen molar-refractivity contribution in [2.75, 3.05) is 5.33 Å². The third kappa shape index (κ3) is 5.79. The average Bonchev–Trinajstić information content (AvgIpc) is 1.99. The highest BCUT2D eigenvalue weighted by molar-refractivity contribution is 9.09. The van der Waals surface area contributed by atoms with Crippen molar-refractivity contribution in [3.05, 3.63) is 0 Å². The molecule has 2 nitrogen and oxygen atoms in total. The lowest BCUT2D eigenvalue weighted by molar-refractivity contribution is -0.148. The highest BCUT2D eigenvalue weighted by Gasteiger charge is 2.35. The van der Waals surface area contributed by atoms with Gasteiger partial charge in [-0.25, -0.2) is 0 Å². The highest BCUT2D eigenvalue weighted by Crippen LogP contribution is 2.24. The van der Waals surface area contributed by atoms with Gasteiger partial charge in [0.15, 0.2) is 0 Å². The summed E-state index contributed by atoms with van der Waals surface area (Å²) in [6.45, 7) is 0. The van der Waals surface area contributed by atoms with Crippen LogP contribution in [-0.4, -0.2) is 23.6 Å².